The van der Waals surface area contributed by atoms with Crippen molar-refractivity contribution in [3.63, 3.8) is 0 Å². The van der Waals surface area contributed by atoms with Gasteiger partial charge in [0.15, 0.2) is 37.7 Å². The van der Waals surface area contributed by atoms with Crippen LogP contribution in [0.5, 0.6) is 0 Å². The zero-order chi connectivity index (χ0) is 81.7. The molecule has 0 aromatic heterocycles. The summed E-state index contributed by atoms with van der Waals surface area (Å²) in [6.45, 7) is -3.35. The number of methoxy groups -OCH3 is 2. The van der Waals surface area contributed by atoms with E-state index in [0.717, 1.165) is 0 Å². The molecule has 6 aliphatic heterocycles. The maximum atomic E-state index is 12.4. The number of quaternary nitrogens is 5. The standard InChI is InChI=1S/C68H136N5O36.5ClH/c1-69(2,3)18-34(74)23-94-28-39-45(79)46(80)52(86)64(100-39)99-33-44-62(51(85)57(91)68(105-44)106-59-41(101-63(93-17)53(87)48(59)82)30-96-25-36(76)20-71(7,8)9)109-67-56(90)50(84)61(43(104-67)32-98-27-38(78)22-73(13,14)15)108-66-55(89)49(83)60(42(103-66)31-97-26-37(77)21-72(10,11)12)107-65-54(88)47(81)58(92-16)40(102-65)29-95-24-35(75)19-70(4,5)6;;;;;/h34-68,74-91H,18-33H2,1-17H3;5*1H/q+5;;;;;/p-5/t34?,35?,36?,37?,38?,39-,40?,41?,42-,43?,44-,45-,46?,47-,48-,49?,50+,51?,52?,53?,54?,55?,56?,57?,58+,59+,60+,61+,62+,63+,64-,65-,66-,67-,68+;;;;;/m0...../s1. The quantitative estimate of drug-likeness (QED) is 0.0252. The largest absolute Gasteiger partial charge is 1.00 e. The number of halogens is 5. The molecule has 46 heteroatoms. The van der Waals surface area contributed by atoms with Crippen molar-refractivity contribution in [2.75, 3.05) is 225 Å². The van der Waals surface area contributed by atoms with Gasteiger partial charge in [0.2, 0.25) is 0 Å². The van der Waals surface area contributed by atoms with E-state index in [1.54, 1.807) is 0 Å². The highest BCUT2D eigenvalue weighted by Gasteiger charge is 2.58. The van der Waals surface area contributed by atoms with Gasteiger partial charge in [-0.3, -0.25) is 0 Å². The Morgan fingerprint density at radius 3 is 0.684 bits per heavy atom. The number of nitrogens with zero attached hydrogens (tertiary/aromatic N) is 5. The molecule has 6 aliphatic rings. The van der Waals surface area contributed by atoms with Gasteiger partial charge in [0, 0.05) is 14.2 Å². The molecule has 6 saturated heterocycles. The lowest BCUT2D eigenvalue weighted by Gasteiger charge is -2.50. The van der Waals surface area contributed by atoms with Crippen LogP contribution in [0.4, 0.5) is 0 Å². The minimum absolute atomic E-state index is 0. The van der Waals surface area contributed by atoms with Crippen molar-refractivity contribution in [2.45, 2.75) is 215 Å². The molecule has 18 N–H and O–H groups in total. The van der Waals surface area contributed by atoms with Crippen LogP contribution in [-0.2, 0) is 85.3 Å². The van der Waals surface area contributed by atoms with Gasteiger partial charge in [-0.15, -0.1) is 0 Å². The van der Waals surface area contributed by atoms with E-state index in [0.29, 0.717) is 24.5 Å². The highest BCUT2D eigenvalue weighted by atomic mass is 35.5. The van der Waals surface area contributed by atoms with Gasteiger partial charge < -0.3 is 262 Å². The number of aliphatic hydroxyl groups is 18. The summed E-state index contributed by atoms with van der Waals surface area (Å²) < 4.78 is 110. The molecule has 114 heavy (non-hydrogen) atoms. The van der Waals surface area contributed by atoms with Crippen LogP contribution in [0.15, 0.2) is 0 Å². The van der Waals surface area contributed by atoms with E-state index >= 15 is 0 Å². The lowest BCUT2D eigenvalue weighted by molar-refractivity contribution is -0.873. The maximum absolute atomic E-state index is 12.4. The van der Waals surface area contributed by atoms with Crippen molar-refractivity contribution in [3.8, 4) is 0 Å². The Hall–Kier alpha value is -0.190. The molecule has 0 bridgehead atoms. The van der Waals surface area contributed by atoms with Crippen molar-refractivity contribution in [1.82, 2.24) is 0 Å². The molecular formula is C68H136Cl5N5O36. The molecule has 0 aromatic carbocycles. The zero-order valence-corrected chi connectivity index (χ0v) is 71.8. The minimum Gasteiger partial charge on any atom is -1.00 e. The first kappa shape index (κ1) is 112. The molecule has 0 radical (unpaired) electrons. The number of hydrogen-bond donors (Lipinski definition) is 18. The first-order chi connectivity index (χ1) is 50.5. The van der Waals surface area contributed by atoms with Crippen molar-refractivity contribution < 1.29 is 262 Å². The van der Waals surface area contributed by atoms with Crippen molar-refractivity contribution in [1.29, 1.82) is 0 Å². The Labute approximate surface area is 698 Å². The lowest BCUT2D eigenvalue weighted by atomic mass is 9.95. The summed E-state index contributed by atoms with van der Waals surface area (Å²) in [6.07, 6.45) is -60.2. The highest BCUT2D eigenvalue weighted by molar-refractivity contribution is 5.00. The Morgan fingerprint density at radius 2 is 0.439 bits per heavy atom. The third-order valence-corrected chi connectivity index (χ3v) is 18.7. The van der Waals surface area contributed by atoms with Crippen LogP contribution in [0.3, 0.4) is 0 Å². The summed E-state index contributed by atoms with van der Waals surface area (Å²) in [7, 11) is 30.1. The van der Waals surface area contributed by atoms with Gasteiger partial charge in [0.25, 0.3) is 0 Å². The molecule has 0 aliphatic carbocycles. The summed E-state index contributed by atoms with van der Waals surface area (Å²) in [4.78, 5) is 0. The summed E-state index contributed by atoms with van der Waals surface area (Å²) in [5, 5.41) is 207. The van der Waals surface area contributed by atoms with E-state index in [4.69, 9.17) is 85.3 Å². The van der Waals surface area contributed by atoms with E-state index in [9.17, 15) is 91.9 Å². The molecule has 0 spiro atoms. The average molecular weight is 1780 g/mol. The van der Waals surface area contributed by atoms with E-state index < -0.39 is 248 Å². The first-order valence-electron chi connectivity index (χ1n) is 36.9. The molecule has 6 fully saturated rings. The van der Waals surface area contributed by atoms with Crippen LogP contribution in [-0.4, -0.2) is 554 Å². The summed E-state index contributed by atoms with van der Waals surface area (Å²) >= 11 is 0. The molecule has 6 rings (SSSR count). The van der Waals surface area contributed by atoms with Gasteiger partial charge in [-0.1, -0.05) is 0 Å². The van der Waals surface area contributed by atoms with Gasteiger partial charge in [-0.2, -0.15) is 0 Å². The second kappa shape index (κ2) is 49.5. The second-order valence-electron chi connectivity index (χ2n) is 34.6. The molecule has 41 nitrogen and oxygen atoms in total. The Bertz CT molecular complexity index is 2610. The van der Waals surface area contributed by atoms with Crippen molar-refractivity contribution in [2.24, 2.45) is 0 Å². The predicted octanol–water partition coefficient (Wildman–Crippen LogP) is -27.3. The summed E-state index contributed by atoms with van der Waals surface area (Å²) in [5.74, 6) is 0. The molecule has 17 unspecified atom stereocenters. The Morgan fingerprint density at radius 1 is 0.237 bits per heavy atom. The number of likely N-dealkylation sites (N-methyl/N-ethyl adjacent to an activating group) is 5. The SMILES string of the molecule is CO[C@@H]1OC(COCC(O)C[N+](C)(C)C)[C@@H](O[C@H]2O[C@@H](CO[C@H]3O[C@@H](COCC(O)C[N+](C)(C)C)[C@H](O)C(O)C3O)[C@@H](O[C@@H]3OC(COCC(O)C[N+](C)(C)C)[C@@H](O[C@@H]4O[C@@H](COCC(O)C[N+](C)(C)C)[C@@H](O[C@@H]5OC(COCC(O)C[N+](C)(C)C)[C@@H](OC)[C@@H](O)C5O)C(O)C4O)[C@H](O)C3O)C(O)C2O)[C@@H](O)C1O.[Cl-].[Cl-].[Cl-].[Cl-].[Cl-]. The summed E-state index contributed by atoms with van der Waals surface area (Å²) in [5.41, 5.74) is 0. The first-order valence-corrected chi connectivity index (χ1v) is 36.9. The number of rotatable bonds is 43. The van der Waals surface area contributed by atoms with E-state index in [2.05, 4.69) is 0 Å². The smallest absolute Gasteiger partial charge is 0.187 e. The van der Waals surface area contributed by atoms with Gasteiger partial charge >= 0.3 is 0 Å². The molecule has 6 heterocycles. The van der Waals surface area contributed by atoms with Crippen LogP contribution in [0, 0.1) is 0 Å². The molecular weight excluding hydrogens is 1640 g/mol. The van der Waals surface area contributed by atoms with Crippen LogP contribution >= 0.6 is 0 Å². The van der Waals surface area contributed by atoms with Gasteiger partial charge in [-0.25, -0.2) is 0 Å². The molecule has 684 valence electrons. The van der Waals surface area contributed by atoms with Crippen LogP contribution in [0.25, 0.3) is 0 Å². The Kier molecular flexibility index (Phi) is 48.5. The fourth-order valence-corrected chi connectivity index (χ4v) is 13.8. The lowest BCUT2D eigenvalue weighted by Crippen LogP contribution is -3.00. The predicted molar refractivity (Wildman–Crippen MR) is 372 cm³/mol. The molecule has 0 aromatic rings. The number of ether oxygens (including phenoxy) is 18. The third-order valence-electron chi connectivity index (χ3n) is 18.7. The minimum atomic E-state index is -2.29. The van der Waals surface area contributed by atoms with Crippen LogP contribution in [0.1, 0.15) is 0 Å². The van der Waals surface area contributed by atoms with Gasteiger partial charge in [0.1, 0.15) is 210 Å². The fourth-order valence-electron chi connectivity index (χ4n) is 13.8. The number of hydrogen-bond acceptors (Lipinski definition) is 36. The van der Waals surface area contributed by atoms with Gasteiger partial charge in [0.05, 0.1) is 178 Å². The number of aliphatic hydroxyl groups excluding tert-OH is 18. The van der Waals surface area contributed by atoms with Crippen molar-refractivity contribution in [3.05, 3.63) is 0 Å². The molecule has 0 saturated carbocycles. The third kappa shape index (κ3) is 34.4. The highest BCUT2D eigenvalue weighted by Crippen LogP contribution is 2.38. The zero-order valence-electron chi connectivity index (χ0n) is 68.0. The molecule has 0 amide bonds. The topological polar surface area (TPSA) is 530 Å². The summed E-state index contributed by atoms with van der Waals surface area (Å²) in [6, 6.07) is 0. The van der Waals surface area contributed by atoms with Crippen molar-refractivity contribution >= 4 is 0 Å². The van der Waals surface area contributed by atoms with E-state index in [1.807, 2.05) is 106 Å². The normalized spacial score (nSPS) is 38.0. The average Bonchev–Trinajstić information content (AvgIpc) is 0.770. The van der Waals surface area contributed by atoms with E-state index in [-0.39, 0.29) is 132 Å². The fraction of sp³-hybridized carbons (Fsp3) is 1.00. The second-order valence-corrected chi connectivity index (χ2v) is 34.6. The Balaban J connectivity index is 0.0000130. The van der Waals surface area contributed by atoms with Gasteiger partial charge in [-0.05, 0) is 0 Å². The monoisotopic (exact) mass is 1770 g/mol. The van der Waals surface area contributed by atoms with Crippen LogP contribution in [0.2, 0.25) is 0 Å². The molecule has 35 atom stereocenters. The van der Waals surface area contributed by atoms with Crippen LogP contribution < -0.4 is 62.0 Å². The van der Waals surface area contributed by atoms with E-state index in [1.165, 1.54) is 14.2 Å². The maximum Gasteiger partial charge on any atom is 0.187 e.